The molecule has 0 aliphatic rings. The van der Waals surface area contributed by atoms with Crippen molar-refractivity contribution in [2.45, 2.75) is 12.6 Å². The Hall–Kier alpha value is -2.35. The molecule has 2 aromatic carbocycles. The number of carbonyl (C=O) groups excluding carboxylic acids is 1. The summed E-state index contributed by atoms with van der Waals surface area (Å²) in [7, 11) is 3.84. The number of benzene rings is 2. The lowest BCUT2D eigenvalue weighted by atomic mass is 10.1. The van der Waals surface area contributed by atoms with Crippen molar-refractivity contribution < 1.29 is 18.0 Å². The van der Waals surface area contributed by atoms with Crippen LogP contribution in [0.2, 0.25) is 0 Å². The number of nitrogens with zero attached hydrogens (tertiary/aromatic N) is 2. The molecule has 8 heteroatoms. The number of halogens is 4. The Labute approximate surface area is 157 Å². The summed E-state index contributed by atoms with van der Waals surface area (Å²) in [5.74, 6) is -0.496. The molecule has 0 aliphatic carbocycles. The van der Waals surface area contributed by atoms with Crippen LogP contribution < -0.4 is 10.3 Å². The van der Waals surface area contributed by atoms with Crippen LogP contribution in [0, 0.1) is 0 Å². The summed E-state index contributed by atoms with van der Waals surface area (Å²) in [6, 6.07) is 10.2. The molecule has 1 N–H and O–H groups in total. The highest BCUT2D eigenvalue weighted by molar-refractivity contribution is 9.10. The highest BCUT2D eigenvalue weighted by Crippen LogP contribution is 2.29. The van der Waals surface area contributed by atoms with E-state index in [0.717, 1.165) is 27.9 Å². The number of nitrogens with one attached hydrogen (secondary N) is 1. The lowest BCUT2D eigenvalue weighted by molar-refractivity contribution is -0.137. The first-order chi connectivity index (χ1) is 12.2. The van der Waals surface area contributed by atoms with E-state index < -0.39 is 17.6 Å². The molecule has 0 heterocycles. The first-order valence-electron chi connectivity index (χ1n) is 7.62. The van der Waals surface area contributed by atoms with E-state index in [2.05, 4.69) is 26.5 Å². The maximum Gasteiger partial charge on any atom is 0.416 e. The van der Waals surface area contributed by atoms with E-state index in [1.54, 1.807) is 0 Å². The second-order valence-electron chi connectivity index (χ2n) is 5.77. The van der Waals surface area contributed by atoms with Gasteiger partial charge in [-0.3, -0.25) is 4.79 Å². The van der Waals surface area contributed by atoms with Crippen molar-refractivity contribution in [1.82, 2.24) is 5.43 Å². The van der Waals surface area contributed by atoms with Gasteiger partial charge >= 0.3 is 6.18 Å². The third-order valence-electron chi connectivity index (χ3n) is 3.48. The summed E-state index contributed by atoms with van der Waals surface area (Å²) in [5.41, 5.74) is 3.57. The van der Waals surface area contributed by atoms with Crippen LogP contribution in [-0.4, -0.2) is 26.2 Å². The van der Waals surface area contributed by atoms with E-state index in [-0.39, 0.29) is 12.0 Å². The van der Waals surface area contributed by atoms with Crippen molar-refractivity contribution >= 4 is 33.7 Å². The van der Waals surface area contributed by atoms with Crippen LogP contribution in [0.1, 0.15) is 16.7 Å². The van der Waals surface area contributed by atoms with Crippen molar-refractivity contribution in [3.63, 3.8) is 0 Å². The topological polar surface area (TPSA) is 44.7 Å². The fraction of sp³-hybridized carbons (Fsp3) is 0.222. The van der Waals surface area contributed by atoms with Crippen molar-refractivity contribution in [3.05, 3.63) is 63.6 Å². The van der Waals surface area contributed by atoms with Gasteiger partial charge in [0, 0.05) is 18.6 Å². The minimum absolute atomic E-state index is 0.190. The standard InChI is InChI=1S/C18H17BrF3N3O/c1-25(2)16-7-6-13(9-15(16)19)11-23-24-17(26)10-12-4-3-5-14(8-12)18(20,21)22/h3-9,11H,10H2,1-2H3,(H,24,26)/b23-11-. The Balaban J connectivity index is 1.97. The van der Waals surface area contributed by atoms with Gasteiger partial charge in [-0.25, -0.2) is 5.43 Å². The van der Waals surface area contributed by atoms with Gasteiger partial charge in [-0.15, -0.1) is 0 Å². The summed E-state index contributed by atoms with van der Waals surface area (Å²) in [4.78, 5) is 13.8. The minimum atomic E-state index is -4.43. The van der Waals surface area contributed by atoms with Gasteiger partial charge in [0.05, 0.1) is 23.9 Å². The minimum Gasteiger partial charge on any atom is -0.377 e. The molecule has 2 aromatic rings. The van der Waals surface area contributed by atoms with Gasteiger partial charge in [0.2, 0.25) is 5.91 Å². The van der Waals surface area contributed by atoms with Crippen LogP contribution in [0.25, 0.3) is 0 Å². The molecular formula is C18H17BrF3N3O. The molecule has 0 unspecified atom stereocenters. The average molecular weight is 428 g/mol. The number of amides is 1. The Morgan fingerprint density at radius 3 is 2.58 bits per heavy atom. The summed E-state index contributed by atoms with van der Waals surface area (Å²) >= 11 is 3.45. The van der Waals surface area contributed by atoms with E-state index in [1.165, 1.54) is 18.3 Å². The Morgan fingerprint density at radius 1 is 1.23 bits per heavy atom. The van der Waals surface area contributed by atoms with Gasteiger partial charge in [-0.1, -0.05) is 24.3 Å². The molecule has 0 bridgehead atoms. The molecule has 0 spiro atoms. The Bertz CT molecular complexity index is 820. The van der Waals surface area contributed by atoms with Crippen LogP contribution in [0.5, 0.6) is 0 Å². The summed E-state index contributed by atoms with van der Waals surface area (Å²) in [6.07, 6.45) is -3.16. The largest absolute Gasteiger partial charge is 0.416 e. The molecule has 0 saturated heterocycles. The molecule has 1 amide bonds. The van der Waals surface area contributed by atoms with E-state index in [4.69, 9.17) is 0 Å². The van der Waals surface area contributed by atoms with E-state index >= 15 is 0 Å². The zero-order chi connectivity index (χ0) is 19.3. The molecule has 0 radical (unpaired) electrons. The first kappa shape index (κ1) is 20.0. The molecule has 0 saturated carbocycles. The smallest absolute Gasteiger partial charge is 0.377 e. The van der Waals surface area contributed by atoms with Crippen molar-refractivity contribution in [2.24, 2.45) is 5.10 Å². The second kappa shape index (κ2) is 8.35. The highest BCUT2D eigenvalue weighted by Gasteiger charge is 2.30. The summed E-state index contributed by atoms with van der Waals surface area (Å²) in [5, 5.41) is 3.84. The molecule has 0 aliphatic heterocycles. The van der Waals surface area contributed by atoms with Crippen molar-refractivity contribution in [2.75, 3.05) is 19.0 Å². The normalized spacial score (nSPS) is 11.6. The number of rotatable bonds is 5. The Kier molecular flexibility index (Phi) is 6.42. The van der Waals surface area contributed by atoms with Crippen LogP contribution in [-0.2, 0) is 17.4 Å². The van der Waals surface area contributed by atoms with Crippen LogP contribution in [0.15, 0.2) is 52.0 Å². The fourth-order valence-electron chi connectivity index (χ4n) is 2.23. The van der Waals surface area contributed by atoms with Gasteiger partial charge < -0.3 is 4.90 Å². The van der Waals surface area contributed by atoms with Gasteiger partial charge in [-0.2, -0.15) is 18.3 Å². The molecule has 0 atom stereocenters. The second-order valence-corrected chi connectivity index (χ2v) is 6.63. The maximum absolute atomic E-state index is 12.7. The first-order valence-corrected chi connectivity index (χ1v) is 8.41. The predicted molar refractivity (Wildman–Crippen MR) is 99.4 cm³/mol. The third-order valence-corrected chi connectivity index (χ3v) is 4.11. The number of hydrazone groups is 1. The number of hydrogen-bond donors (Lipinski definition) is 1. The zero-order valence-corrected chi connectivity index (χ0v) is 15.7. The number of hydrogen-bond acceptors (Lipinski definition) is 3. The highest BCUT2D eigenvalue weighted by atomic mass is 79.9. The van der Waals surface area contributed by atoms with Crippen LogP contribution >= 0.6 is 15.9 Å². The van der Waals surface area contributed by atoms with E-state index in [1.807, 2.05) is 37.2 Å². The third kappa shape index (κ3) is 5.59. The molecule has 138 valence electrons. The van der Waals surface area contributed by atoms with Gasteiger partial charge in [0.25, 0.3) is 0 Å². The summed E-state index contributed by atoms with van der Waals surface area (Å²) < 4.78 is 38.9. The fourth-order valence-corrected chi connectivity index (χ4v) is 2.98. The van der Waals surface area contributed by atoms with E-state index in [0.29, 0.717) is 0 Å². The van der Waals surface area contributed by atoms with E-state index in [9.17, 15) is 18.0 Å². The number of alkyl halides is 3. The van der Waals surface area contributed by atoms with Gasteiger partial charge in [-0.05, 0) is 45.3 Å². The van der Waals surface area contributed by atoms with Gasteiger partial charge in [0.15, 0.2) is 0 Å². The lowest BCUT2D eigenvalue weighted by Gasteiger charge is -2.14. The predicted octanol–water partition coefficient (Wildman–Crippen LogP) is 4.23. The SMILES string of the molecule is CN(C)c1ccc(/C=N\NC(=O)Cc2cccc(C(F)(F)F)c2)cc1Br. The number of anilines is 1. The molecule has 0 fully saturated rings. The molecule has 2 rings (SSSR count). The molecule has 4 nitrogen and oxygen atoms in total. The molecule has 0 aromatic heterocycles. The number of carbonyl (C=O) groups is 1. The van der Waals surface area contributed by atoms with Gasteiger partial charge in [0.1, 0.15) is 0 Å². The molecular weight excluding hydrogens is 411 g/mol. The maximum atomic E-state index is 12.7. The van der Waals surface area contributed by atoms with Crippen LogP contribution in [0.3, 0.4) is 0 Å². The lowest BCUT2D eigenvalue weighted by Crippen LogP contribution is -2.20. The van der Waals surface area contributed by atoms with Crippen molar-refractivity contribution in [1.29, 1.82) is 0 Å². The summed E-state index contributed by atoms with van der Waals surface area (Å²) in [6.45, 7) is 0. The Morgan fingerprint density at radius 2 is 1.96 bits per heavy atom. The monoisotopic (exact) mass is 427 g/mol. The molecule has 26 heavy (non-hydrogen) atoms. The van der Waals surface area contributed by atoms with Crippen LogP contribution in [0.4, 0.5) is 18.9 Å². The zero-order valence-electron chi connectivity index (χ0n) is 14.1. The average Bonchev–Trinajstić information content (AvgIpc) is 2.54. The van der Waals surface area contributed by atoms with Crippen molar-refractivity contribution in [3.8, 4) is 0 Å². The quantitative estimate of drug-likeness (QED) is 0.573.